The molecule has 1 nitrogen and oxygen atoms in total. The van der Waals surface area contributed by atoms with Gasteiger partial charge in [0.1, 0.15) is 0 Å². The van der Waals surface area contributed by atoms with E-state index in [2.05, 4.69) is 17.1 Å². The van der Waals surface area contributed by atoms with E-state index in [0.29, 0.717) is 5.54 Å². The van der Waals surface area contributed by atoms with Gasteiger partial charge in [-0.3, -0.25) is 0 Å². The average molecular weight is 167 g/mol. The van der Waals surface area contributed by atoms with Crippen molar-refractivity contribution in [1.29, 1.82) is 0 Å². The summed E-state index contributed by atoms with van der Waals surface area (Å²) in [6, 6.07) is 0.937. The van der Waals surface area contributed by atoms with E-state index in [4.69, 9.17) is 0 Å². The van der Waals surface area contributed by atoms with Gasteiger partial charge in [0, 0.05) is 22.1 Å². The van der Waals surface area contributed by atoms with Crippen molar-refractivity contribution < 1.29 is 0 Å². The summed E-state index contributed by atoms with van der Waals surface area (Å²) in [6.07, 6.45) is 6.00. The lowest BCUT2D eigenvalue weighted by Gasteiger charge is -2.11. The summed E-state index contributed by atoms with van der Waals surface area (Å²) < 4.78 is 0. The van der Waals surface area contributed by atoms with Gasteiger partial charge in [0.05, 0.1) is 0 Å². The first-order valence-electron chi connectivity index (χ1n) is 4.80. The van der Waals surface area contributed by atoms with Gasteiger partial charge >= 0.3 is 0 Å². The second kappa shape index (κ2) is 1.51. The van der Waals surface area contributed by atoms with Gasteiger partial charge < -0.3 is 5.32 Å². The maximum absolute atomic E-state index is 3.87. The molecule has 1 N–H and O–H groups in total. The van der Waals surface area contributed by atoms with Crippen LogP contribution in [0, 0.1) is 5.92 Å². The van der Waals surface area contributed by atoms with E-state index < -0.39 is 0 Å². The molecule has 4 atom stereocenters. The highest BCUT2D eigenvalue weighted by molar-refractivity contribution is 8.07. The molecule has 0 aromatic rings. The Morgan fingerprint density at radius 2 is 2.27 bits per heavy atom. The first kappa shape index (κ1) is 5.87. The van der Waals surface area contributed by atoms with E-state index in [-0.39, 0.29) is 0 Å². The third-order valence-corrected chi connectivity index (χ3v) is 5.45. The molecule has 0 bridgehead atoms. The Labute approximate surface area is 71.3 Å². The molecule has 4 rings (SSSR count). The van der Waals surface area contributed by atoms with E-state index in [1.807, 2.05) is 0 Å². The second-order valence-corrected chi connectivity index (χ2v) is 6.21. The molecule has 2 saturated carbocycles. The molecule has 4 fully saturated rings. The zero-order valence-electron chi connectivity index (χ0n) is 6.55. The minimum Gasteiger partial charge on any atom is -0.307 e. The fourth-order valence-corrected chi connectivity index (χ4v) is 4.61. The first-order valence-corrected chi connectivity index (χ1v) is 5.74. The van der Waals surface area contributed by atoms with Gasteiger partial charge in [-0.25, -0.2) is 0 Å². The Kier molecular flexibility index (Phi) is 0.807. The van der Waals surface area contributed by atoms with Gasteiger partial charge in [0.2, 0.25) is 0 Å². The highest BCUT2D eigenvalue weighted by Crippen LogP contribution is 2.62. The molecule has 0 amide bonds. The van der Waals surface area contributed by atoms with Gasteiger partial charge in [-0.1, -0.05) is 0 Å². The van der Waals surface area contributed by atoms with Gasteiger partial charge in [0.15, 0.2) is 0 Å². The molecule has 2 aliphatic heterocycles. The molecule has 4 unspecified atom stereocenters. The normalized spacial score (nSPS) is 61.1. The number of nitrogens with one attached hydrogen (secondary N) is 1. The molecule has 11 heavy (non-hydrogen) atoms. The van der Waals surface area contributed by atoms with Crippen molar-refractivity contribution in [2.24, 2.45) is 5.92 Å². The summed E-state index contributed by atoms with van der Waals surface area (Å²) in [5.74, 6) is 1.08. The van der Waals surface area contributed by atoms with Crippen LogP contribution in [0.5, 0.6) is 0 Å². The van der Waals surface area contributed by atoms with Crippen molar-refractivity contribution in [3.8, 4) is 0 Å². The lowest BCUT2D eigenvalue weighted by Crippen LogP contribution is -2.34. The molecule has 1 spiro atoms. The minimum atomic E-state index is 0.684. The summed E-state index contributed by atoms with van der Waals surface area (Å²) in [6.45, 7) is 0. The standard InChI is InChI=1S/C9H13NS/c1-2-9(1)4-5-3-6-8(11-6)7(5)10-9/h5-8,10H,1-4H2. The van der Waals surface area contributed by atoms with Gasteiger partial charge in [-0.2, -0.15) is 11.8 Å². The monoisotopic (exact) mass is 167 g/mol. The predicted molar refractivity (Wildman–Crippen MR) is 46.8 cm³/mol. The van der Waals surface area contributed by atoms with Crippen LogP contribution in [0.3, 0.4) is 0 Å². The molecule has 2 heterocycles. The Hall–Kier alpha value is 0.310. The van der Waals surface area contributed by atoms with Crippen LogP contribution in [0.1, 0.15) is 25.7 Å². The quantitative estimate of drug-likeness (QED) is 0.547. The zero-order valence-corrected chi connectivity index (χ0v) is 7.36. The smallest absolute Gasteiger partial charge is 0.0326 e. The SMILES string of the molecule is C1C2CC3(CC3)NC2C2SC12. The number of thioether (sulfide) groups is 1. The van der Waals surface area contributed by atoms with Gasteiger partial charge in [0.25, 0.3) is 0 Å². The van der Waals surface area contributed by atoms with E-state index >= 15 is 0 Å². The van der Waals surface area contributed by atoms with E-state index in [0.717, 1.165) is 22.5 Å². The summed E-state index contributed by atoms with van der Waals surface area (Å²) >= 11 is 2.22. The minimum absolute atomic E-state index is 0.684. The molecule has 0 aromatic carbocycles. The van der Waals surface area contributed by atoms with Crippen molar-refractivity contribution in [3.05, 3.63) is 0 Å². The summed E-state index contributed by atoms with van der Waals surface area (Å²) in [5.41, 5.74) is 0.684. The topological polar surface area (TPSA) is 12.0 Å². The van der Waals surface area contributed by atoms with Crippen molar-refractivity contribution in [3.63, 3.8) is 0 Å². The van der Waals surface area contributed by atoms with Crippen LogP contribution in [0.15, 0.2) is 0 Å². The van der Waals surface area contributed by atoms with E-state index in [1.165, 1.54) is 25.7 Å². The summed E-state index contributed by atoms with van der Waals surface area (Å²) in [7, 11) is 0. The summed E-state index contributed by atoms with van der Waals surface area (Å²) in [5, 5.41) is 5.99. The molecular formula is C9H13NS. The van der Waals surface area contributed by atoms with Crippen molar-refractivity contribution in [2.45, 2.75) is 47.8 Å². The Balaban J connectivity index is 1.68. The third-order valence-electron chi connectivity index (χ3n) is 4.00. The molecular weight excluding hydrogens is 154 g/mol. The lowest BCUT2D eigenvalue weighted by atomic mass is 10.0. The van der Waals surface area contributed by atoms with Gasteiger partial charge in [-0.15, -0.1) is 0 Å². The molecule has 0 radical (unpaired) electrons. The highest BCUT2D eigenvalue weighted by Gasteiger charge is 2.63. The average Bonchev–Trinajstić information content (AvgIpc) is 2.75. The van der Waals surface area contributed by atoms with E-state index in [9.17, 15) is 0 Å². The van der Waals surface area contributed by atoms with Crippen LogP contribution < -0.4 is 5.32 Å². The Morgan fingerprint density at radius 3 is 3.00 bits per heavy atom. The predicted octanol–water partition coefficient (Wildman–Crippen LogP) is 1.38. The van der Waals surface area contributed by atoms with Crippen LogP contribution in [-0.2, 0) is 0 Å². The molecule has 4 aliphatic rings. The third kappa shape index (κ3) is 0.642. The number of rotatable bonds is 0. The zero-order chi connectivity index (χ0) is 7.05. The van der Waals surface area contributed by atoms with Crippen molar-refractivity contribution >= 4 is 11.8 Å². The van der Waals surface area contributed by atoms with Crippen LogP contribution >= 0.6 is 11.8 Å². The second-order valence-electron chi connectivity index (χ2n) is 4.79. The fraction of sp³-hybridized carbons (Fsp3) is 1.00. The van der Waals surface area contributed by atoms with Crippen LogP contribution in [0.25, 0.3) is 0 Å². The van der Waals surface area contributed by atoms with Crippen molar-refractivity contribution in [2.75, 3.05) is 0 Å². The summed E-state index contributed by atoms with van der Waals surface area (Å²) in [4.78, 5) is 0. The number of hydrogen-bond donors (Lipinski definition) is 1. The van der Waals surface area contributed by atoms with Crippen LogP contribution in [-0.4, -0.2) is 22.1 Å². The maximum Gasteiger partial charge on any atom is 0.0326 e. The first-order chi connectivity index (χ1) is 5.36. The van der Waals surface area contributed by atoms with E-state index in [1.54, 1.807) is 0 Å². The molecule has 2 heteroatoms. The molecule has 2 aliphatic carbocycles. The van der Waals surface area contributed by atoms with Gasteiger partial charge in [-0.05, 0) is 31.6 Å². The molecule has 2 saturated heterocycles. The molecule has 60 valence electrons. The lowest BCUT2D eigenvalue weighted by molar-refractivity contribution is 0.520. The highest BCUT2D eigenvalue weighted by atomic mass is 32.2. The van der Waals surface area contributed by atoms with Crippen molar-refractivity contribution in [1.82, 2.24) is 5.32 Å². The Bertz CT molecular complexity index is 224. The van der Waals surface area contributed by atoms with Crippen LogP contribution in [0.4, 0.5) is 0 Å². The maximum atomic E-state index is 3.87. The number of hydrogen-bond acceptors (Lipinski definition) is 2. The Morgan fingerprint density at radius 1 is 1.36 bits per heavy atom. The fourth-order valence-electron chi connectivity index (χ4n) is 3.20. The van der Waals surface area contributed by atoms with Crippen LogP contribution in [0.2, 0.25) is 0 Å². The largest absolute Gasteiger partial charge is 0.307 e. The number of fused-ring (bicyclic) bond motifs is 3. The molecule has 0 aromatic heterocycles.